The van der Waals surface area contributed by atoms with Gasteiger partial charge in [-0.2, -0.15) is 5.26 Å². The number of urea groups is 1. The normalized spacial score (nSPS) is 34.0. The quantitative estimate of drug-likeness (QED) is 0.552. The highest BCUT2D eigenvalue weighted by atomic mass is 32.2. The van der Waals surface area contributed by atoms with E-state index in [4.69, 9.17) is 5.26 Å². The Morgan fingerprint density at radius 2 is 2.03 bits per heavy atom. The molecule has 0 aromatic carbocycles. The summed E-state index contributed by atoms with van der Waals surface area (Å²) in [7, 11) is -1.81. The van der Waals surface area contributed by atoms with Gasteiger partial charge in [-0.25, -0.2) is 22.9 Å². The average molecular weight is 439 g/mol. The van der Waals surface area contributed by atoms with Crippen LogP contribution in [0.25, 0.3) is 0 Å². The predicted molar refractivity (Wildman–Crippen MR) is 108 cm³/mol. The Kier molecular flexibility index (Phi) is 5.55. The second-order valence-electron chi connectivity index (χ2n) is 9.43. The van der Waals surface area contributed by atoms with Crippen molar-refractivity contribution >= 4 is 22.0 Å². The minimum Gasteiger partial charge on any atom is -0.324 e. The summed E-state index contributed by atoms with van der Waals surface area (Å²) in [5.41, 5.74) is 2.77. The van der Waals surface area contributed by atoms with Crippen molar-refractivity contribution in [1.29, 1.82) is 5.26 Å². The fraction of sp³-hybridized carbons (Fsp3) is 0.842. The van der Waals surface area contributed by atoms with Crippen molar-refractivity contribution in [3.05, 3.63) is 0 Å². The monoisotopic (exact) mass is 438 g/mol. The van der Waals surface area contributed by atoms with Gasteiger partial charge in [-0.1, -0.05) is 0 Å². The largest absolute Gasteiger partial charge is 0.326 e. The predicted octanol–water partition coefficient (Wildman–Crippen LogP) is -0.150. The molecule has 166 valence electrons. The molecule has 2 aliphatic heterocycles. The van der Waals surface area contributed by atoms with Gasteiger partial charge in [0.05, 0.1) is 17.2 Å². The van der Waals surface area contributed by atoms with Crippen molar-refractivity contribution < 1.29 is 18.0 Å². The first-order chi connectivity index (χ1) is 14.1. The maximum atomic E-state index is 13.3. The van der Waals surface area contributed by atoms with Crippen LogP contribution >= 0.6 is 0 Å². The van der Waals surface area contributed by atoms with E-state index in [1.807, 2.05) is 6.92 Å². The molecule has 10 nitrogen and oxygen atoms in total. The molecule has 0 aromatic rings. The van der Waals surface area contributed by atoms with Crippen molar-refractivity contribution in [2.24, 2.45) is 11.8 Å². The van der Waals surface area contributed by atoms with Gasteiger partial charge >= 0.3 is 6.03 Å². The summed E-state index contributed by atoms with van der Waals surface area (Å²) in [5.74, 6) is -0.727. The van der Waals surface area contributed by atoms with E-state index in [1.54, 1.807) is 17.0 Å². The van der Waals surface area contributed by atoms with Crippen LogP contribution in [0.1, 0.15) is 39.0 Å². The number of hydrogen-bond donors (Lipinski definition) is 2. The maximum Gasteiger partial charge on any atom is 0.326 e. The number of carbonyl (C=O) groups is 2. The molecule has 0 spiro atoms. The van der Waals surface area contributed by atoms with Crippen LogP contribution in [-0.4, -0.2) is 85.2 Å². The first kappa shape index (κ1) is 21.5. The third kappa shape index (κ3) is 4.06. The Balaban J connectivity index is 1.45. The smallest absolute Gasteiger partial charge is 0.324 e. The highest BCUT2D eigenvalue weighted by molar-refractivity contribution is 7.90. The molecular weight excluding hydrogens is 408 g/mol. The van der Waals surface area contributed by atoms with E-state index in [0.717, 1.165) is 12.8 Å². The molecule has 11 heteroatoms. The summed E-state index contributed by atoms with van der Waals surface area (Å²) < 4.78 is 28.6. The van der Waals surface area contributed by atoms with Gasteiger partial charge in [0.2, 0.25) is 15.9 Å². The van der Waals surface area contributed by atoms with Crippen molar-refractivity contribution in [2.75, 3.05) is 33.2 Å². The van der Waals surface area contributed by atoms with Gasteiger partial charge in [0, 0.05) is 44.2 Å². The fourth-order valence-corrected chi connectivity index (χ4v) is 6.89. The number of hydrazine groups is 1. The van der Waals surface area contributed by atoms with Gasteiger partial charge in [0.25, 0.3) is 0 Å². The molecule has 2 saturated carbocycles. The molecule has 3 amide bonds. The zero-order valence-corrected chi connectivity index (χ0v) is 18.3. The SMILES string of the molecule is CN1C(=O)N(CC2CNN(CC#N)C2)C(=O)C2CC(S(=O)(=O)NC3(C)CC3)CCC21. The topological polar surface area (TPSA) is 126 Å². The molecule has 0 aromatic heterocycles. The lowest BCUT2D eigenvalue weighted by atomic mass is 9.81. The summed E-state index contributed by atoms with van der Waals surface area (Å²) >= 11 is 0. The molecule has 0 bridgehead atoms. The van der Waals surface area contributed by atoms with E-state index < -0.39 is 21.2 Å². The van der Waals surface area contributed by atoms with Crippen LogP contribution in [0.4, 0.5) is 4.79 Å². The summed E-state index contributed by atoms with van der Waals surface area (Å²) in [5, 5.41) is 10.0. The third-order valence-electron chi connectivity index (χ3n) is 6.99. The molecule has 30 heavy (non-hydrogen) atoms. The number of sulfonamides is 1. The van der Waals surface area contributed by atoms with Crippen LogP contribution in [0.15, 0.2) is 0 Å². The number of nitriles is 1. The van der Waals surface area contributed by atoms with Crippen LogP contribution in [0.2, 0.25) is 0 Å². The Morgan fingerprint density at radius 3 is 2.70 bits per heavy atom. The molecule has 2 N–H and O–H groups in total. The molecular formula is C19H30N6O4S. The second-order valence-corrected chi connectivity index (χ2v) is 11.4. The summed E-state index contributed by atoms with van der Waals surface area (Å²) in [6.07, 6.45) is 2.88. The van der Waals surface area contributed by atoms with Gasteiger partial charge in [-0.15, -0.1) is 0 Å². The minimum atomic E-state index is -3.51. The van der Waals surface area contributed by atoms with Crippen LogP contribution < -0.4 is 10.1 Å². The van der Waals surface area contributed by atoms with Gasteiger partial charge in [0.1, 0.15) is 6.54 Å². The van der Waals surface area contributed by atoms with Crippen molar-refractivity contribution in [1.82, 2.24) is 25.0 Å². The molecule has 4 unspecified atom stereocenters. The lowest BCUT2D eigenvalue weighted by molar-refractivity contribution is -0.140. The van der Waals surface area contributed by atoms with Crippen LogP contribution in [0, 0.1) is 23.2 Å². The fourth-order valence-electron chi connectivity index (χ4n) is 4.92. The highest BCUT2D eigenvalue weighted by Gasteiger charge is 2.51. The van der Waals surface area contributed by atoms with E-state index in [9.17, 15) is 18.0 Å². The van der Waals surface area contributed by atoms with Gasteiger partial charge in [-0.05, 0) is 39.0 Å². The summed E-state index contributed by atoms with van der Waals surface area (Å²) in [4.78, 5) is 29.0. The zero-order chi connectivity index (χ0) is 21.7. The molecule has 4 rings (SSSR count). The zero-order valence-electron chi connectivity index (χ0n) is 17.5. The van der Waals surface area contributed by atoms with Gasteiger partial charge in [0.15, 0.2) is 0 Å². The molecule has 4 fully saturated rings. The number of rotatable bonds is 6. The molecule has 2 heterocycles. The van der Waals surface area contributed by atoms with Crippen molar-refractivity contribution in [3.63, 3.8) is 0 Å². The third-order valence-corrected chi connectivity index (χ3v) is 9.07. The summed E-state index contributed by atoms with van der Waals surface area (Å²) in [6, 6.07) is 1.52. The average Bonchev–Trinajstić information content (AvgIpc) is 3.24. The van der Waals surface area contributed by atoms with Crippen LogP contribution in [-0.2, 0) is 14.8 Å². The lowest BCUT2D eigenvalue weighted by Crippen LogP contribution is -2.63. The van der Waals surface area contributed by atoms with E-state index in [1.165, 1.54) is 4.90 Å². The van der Waals surface area contributed by atoms with Gasteiger partial charge < -0.3 is 4.90 Å². The molecule has 2 aliphatic carbocycles. The molecule has 0 radical (unpaired) electrons. The van der Waals surface area contributed by atoms with E-state index in [2.05, 4.69) is 16.2 Å². The van der Waals surface area contributed by atoms with E-state index in [-0.39, 0.29) is 48.9 Å². The minimum absolute atomic E-state index is 0.0378. The first-order valence-corrected chi connectivity index (χ1v) is 12.1. The highest BCUT2D eigenvalue weighted by Crippen LogP contribution is 2.39. The number of fused-ring (bicyclic) bond motifs is 1. The number of imide groups is 1. The number of carbonyl (C=O) groups excluding carboxylic acids is 2. The van der Waals surface area contributed by atoms with E-state index in [0.29, 0.717) is 25.9 Å². The second kappa shape index (κ2) is 7.75. The van der Waals surface area contributed by atoms with Crippen LogP contribution in [0.5, 0.6) is 0 Å². The molecule has 4 atom stereocenters. The maximum absolute atomic E-state index is 13.3. The molecule has 2 saturated heterocycles. The van der Waals surface area contributed by atoms with Crippen molar-refractivity contribution in [3.8, 4) is 6.07 Å². The Labute approximate surface area is 177 Å². The number of amides is 3. The van der Waals surface area contributed by atoms with E-state index >= 15 is 0 Å². The first-order valence-electron chi connectivity index (χ1n) is 10.6. The standard InChI is InChI=1S/C19H30N6O4S/c1-19(5-6-19)22-30(28,29)14-3-4-16-15(9-14)17(26)25(18(27)23(16)2)12-13-10-21-24(11-13)8-7-20/h13-16,21-22H,3-6,8-12H2,1-2H3. The number of hydrogen-bond acceptors (Lipinski definition) is 7. The Bertz CT molecular complexity index is 867. The Hall–Kier alpha value is -1.74. The van der Waals surface area contributed by atoms with Crippen LogP contribution in [0.3, 0.4) is 0 Å². The summed E-state index contributed by atoms with van der Waals surface area (Å²) in [6.45, 7) is 3.60. The van der Waals surface area contributed by atoms with Gasteiger partial charge in [-0.3, -0.25) is 15.1 Å². The van der Waals surface area contributed by atoms with Crippen molar-refractivity contribution in [2.45, 2.75) is 55.9 Å². The number of nitrogens with zero attached hydrogens (tertiary/aromatic N) is 4. The number of nitrogens with one attached hydrogen (secondary N) is 2. The molecule has 4 aliphatic rings. The Morgan fingerprint density at radius 1 is 1.30 bits per heavy atom. The lowest BCUT2D eigenvalue weighted by Gasteiger charge is -2.47.